The first-order chi connectivity index (χ1) is 11.8. The Hall–Kier alpha value is -2.88. The number of halogens is 3. The van der Waals surface area contributed by atoms with Crippen LogP contribution in [-0.2, 0) is 6.18 Å². The van der Waals surface area contributed by atoms with E-state index >= 15 is 0 Å². The van der Waals surface area contributed by atoms with E-state index in [9.17, 15) is 18.0 Å². The summed E-state index contributed by atoms with van der Waals surface area (Å²) < 4.78 is 39.4. The molecule has 3 aromatic rings. The standard InChI is InChI=1S/C15H10F3N5OS/c1-9-7-13(15(16,17)18)20-14(19-9)23-8-11(21-22-23)12(24)5-4-10-3-2-6-25-10/h2-8H,1H3/b5-4+. The lowest BCUT2D eigenvalue weighted by Gasteiger charge is -2.07. The molecule has 0 saturated carbocycles. The van der Waals surface area contributed by atoms with Gasteiger partial charge in [0.2, 0.25) is 5.78 Å². The Balaban J connectivity index is 1.86. The lowest BCUT2D eigenvalue weighted by atomic mass is 10.2. The van der Waals surface area contributed by atoms with Crippen molar-refractivity contribution in [3.05, 3.63) is 57.8 Å². The summed E-state index contributed by atoms with van der Waals surface area (Å²) in [6.45, 7) is 1.41. The summed E-state index contributed by atoms with van der Waals surface area (Å²) in [5, 5.41) is 9.18. The molecule has 0 fully saturated rings. The number of aromatic nitrogens is 5. The van der Waals surface area contributed by atoms with Gasteiger partial charge in [0.15, 0.2) is 5.69 Å². The molecule has 25 heavy (non-hydrogen) atoms. The third kappa shape index (κ3) is 3.97. The molecular weight excluding hydrogens is 355 g/mol. The summed E-state index contributed by atoms with van der Waals surface area (Å²) in [5.41, 5.74) is -0.985. The molecule has 0 unspecified atom stereocenters. The fourth-order valence-electron chi connectivity index (χ4n) is 1.90. The predicted molar refractivity (Wildman–Crippen MR) is 84.4 cm³/mol. The van der Waals surface area contributed by atoms with Gasteiger partial charge in [-0.2, -0.15) is 17.9 Å². The molecule has 0 N–H and O–H groups in total. The molecule has 0 atom stereocenters. The SMILES string of the molecule is Cc1cc(C(F)(F)F)nc(-n2cc(C(=O)/C=C/c3cccs3)nn2)n1. The van der Waals surface area contributed by atoms with Crippen molar-refractivity contribution in [1.82, 2.24) is 25.0 Å². The Morgan fingerprint density at radius 2 is 2.12 bits per heavy atom. The molecule has 0 aliphatic rings. The third-order valence-electron chi connectivity index (χ3n) is 3.03. The highest BCUT2D eigenvalue weighted by molar-refractivity contribution is 7.10. The van der Waals surface area contributed by atoms with Gasteiger partial charge in [0.05, 0.1) is 6.20 Å². The van der Waals surface area contributed by atoms with Gasteiger partial charge < -0.3 is 0 Å². The van der Waals surface area contributed by atoms with Crippen LogP contribution in [0.25, 0.3) is 12.0 Å². The van der Waals surface area contributed by atoms with Crippen LogP contribution in [0.1, 0.15) is 26.8 Å². The number of carbonyl (C=O) groups is 1. The first-order valence-electron chi connectivity index (χ1n) is 6.94. The number of hydrogen-bond donors (Lipinski definition) is 0. The Morgan fingerprint density at radius 1 is 1.32 bits per heavy atom. The van der Waals surface area contributed by atoms with Crippen LogP contribution in [0, 0.1) is 6.92 Å². The molecule has 0 saturated heterocycles. The largest absolute Gasteiger partial charge is 0.433 e. The summed E-state index contributed by atoms with van der Waals surface area (Å²) in [4.78, 5) is 20.3. The molecule has 3 rings (SSSR count). The second-order valence-electron chi connectivity index (χ2n) is 4.95. The molecule has 0 amide bonds. The van der Waals surface area contributed by atoms with Gasteiger partial charge >= 0.3 is 6.18 Å². The number of allylic oxidation sites excluding steroid dienone is 1. The second-order valence-corrected chi connectivity index (χ2v) is 5.93. The normalized spacial score (nSPS) is 12.0. The van der Waals surface area contributed by atoms with Gasteiger partial charge in [-0.25, -0.2) is 9.97 Å². The van der Waals surface area contributed by atoms with Crippen molar-refractivity contribution in [1.29, 1.82) is 0 Å². The minimum atomic E-state index is -4.61. The van der Waals surface area contributed by atoms with Gasteiger partial charge in [0.25, 0.3) is 5.95 Å². The van der Waals surface area contributed by atoms with E-state index in [1.807, 2.05) is 17.5 Å². The summed E-state index contributed by atoms with van der Waals surface area (Å²) in [5.74, 6) is -0.732. The lowest BCUT2D eigenvalue weighted by molar-refractivity contribution is -0.141. The quantitative estimate of drug-likeness (QED) is 0.524. The maximum Gasteiger partial charge on any atom is 0.433 e. The molecule has 0 spiro atoms. The predicted octanol–water partition coefficient (Wildman–Crippen LogP) is 3.34. The molecule has 0 bridgehead atoms. The first-order valence-corrected chi connectivity index (χ1v) is 7.82. The zero-order valence-electron chi connectivity index (χ0n) is 12.7. The molecule has 6 nitrogen and oxygen atoms in total. The fraction of sp³-hybridized carbons (Fsp3) is 0.133. The van der Waals surface area contributed by atoms with Crippen molar-refractivity contribution < 1.29 is 18.0 Å². The summed E-state index contributed by atoms with van der Waals surface area (Å²) in [6.07, 6.45) is -0.476. The van der Waals surface area contributed by atoms with Crippen molar-refractivity contribution >= 4 is 23.2 Å². The molecular formula is C15H10F3N5OS. The molecule has 0 aromatic carbocycles. The van der Waals surface area contributed by atoms with Crippen molar-refractivity contribution in [2.75, 3.05) is 0 Å². The zero-order valence-corrected chi connectivity index (χ0v) is 13.5. The van der Waals surface area contributed by atoms with E-state index < -0.39 is 17.7 Å². The number of aryl methyl sites for hydroxylation is 1. The van der Waals surface area contributed by atoms with E-state index in [1.54, 1.807) is 6.08 Å². The number of carbonyl (C=O) groups excluding carboxylic acids is 1. The van der Waals surface area contributed by atoms with Gasteiger partial charge in [0.1, 0.15) is 5.69 Å². The monoisotopic (exact) mass is 365 g/mol. The number of nitrogens with zero attached hydrogens (tertiary/aromatic N) is 5. The molecule has 128 valence electrons. The van der Waals surface area contributed by atoms with E-state index in [2.05, 4.69) is 20.3 Å². The van der Waals surface area contributed by atoms with Gasteiger partial charge in [-0.3, -0.25) is 4.79 Å². The van der Waals surface area contributed by atoms with E-state index in [-0.39, 0.29) is 17.3 Å². The molecule has 3 heterocycles. The van der Waals surface area contributed by atoms with Gasteiger partial charge in [-0.15, -0.1) is 16.4 Å². The minimum absolute atomic E-state index is 0.0218. The number of rotatable bonds is 4. The van der Waals surface area contributed by atoms with Crippen LogP contribution >= 0.6 is 11.3 Å². The minimum Gasteiger partial charge on any atom is -0.287 e. The summed E-state index contributed by atoms with van der Waals surface area (Å²) in [6, 6.07) is 4.51. The number of hydrogen-bond acceptors (Lipinski definition) is 6. The fourth-order valence-corrected chi connectivity index (χ4v) is 2.52. The molecule has 0 radical (unpaired) electrons. The first kappa shape index (κ1) is 17.0. The Kier molecular flexibility index (Phi) is 4.45. The van der Waals surface area contributed by atoms with Crippen molar-refractivity contribution in [3.8, 4) is 5.95 Å². The summed E-state index contributed by atoms with van der Waals surface area (Å²) in [7, 11) is 0. The van der Waals surface area contributed by atoms with Crippen LogP contribution in [0.4, 0.5) is 13.2 Å². The van der Waals surface area contributed by atoms with Crippen molar-refractivity contribution in [3.63, 3.8) is 0 Å². The topological polar surface area (TPSA) is 73.6 Å². The van der Waals surface area contributed by atoms with Crippen LogP contribution in [0.5, 0.6) is 0 Å². The molecule has 3 aromatic heterocycles. The highest BCUT2D eigenvalue weighted by Crippen LogP contribution is 2.28. The van der Waals surface area contributed by atoms with E-state index in [4.69, 9.17) is 0 Å². The van der Waals surface area contributed by atoms with Gasteiger partial charge in [0, 0.05) is 10.6 Å². The average molecular weight is 365 g/mol. The van der Waals surface area contributed by atoms with Crippen LogP contribution in [-0.4, -0.2) is 30.7 Å². The van der Waals surface area contributed by atoms with Crippen LogP contribution < -0.4 is 0 Å². The maximum atomic E-state index is 12.8. The van der Waals surface area contributed by atoms with E-state index in [0.29, 0.717) is 0 Å². The number of alkyl halides is 3. The smallest absolute Gasteiger partial charge is 0.287 e. The van der Waals surface area contributed by atoms with Gasteiger partial charge in [-0.05, 0) is 36.6 Å². The number of ketones is 1. The van der Waals surface area contributed by atoms with Crippen LogP contribution in [0.15, 0.2) is 35.9 Å². The molecule has 0 aliphatic carbocycles. The van der Waals surface area contributed by atoms with E-state index in [1.165, 1.54) is 30.5 Å². The average Bonchev–Trinajstić information content (AvgIpc) is 3.23. The Morgan fingerprint density at radius 3 is 2.80 bits per heavy atom. The summed E-state index contributed by atoms with van der Waals surface area (Å²) >= 11 is 1.46. The highest BCUT2D eigenvalue weighted by atomic mass is 32.1. The highest BCUT2D eigenvalue weighted by Gasteiger charge is 2.33. The Labute approximate surface area is 143 Å². The van der Waals surface area contributed by atoms with Crippen LogP contribution in [0.2, 0.25) is 0 Å². The maximum absolute atomic E-state index is 12.8. The lowest BCUT2D eigenvalue weighted by Crippen LogP contribution is -2.13. The van der Waals surface area contributed by atoms with Gasteiger partial charge in [-0.1, -0.05) is 11.3 Å². The third-order valence-corrected chi connectivity index (χ3v) is 3.86. The molecule has 10 heteroatoms. The second kappa shape index (κ2) is 6.55. The Bertz CT molecular complexity index is 931. The zero-order chi connectivity index (χ0) is 18.0. The van der Waals surface area contributed by atoms with Crippen molar-refractivity contribution in [2.24, 2.45) is 0 Å². The van der Waals surface area contributed by atoms with E-state index in [0.717, 1.165) is 15.6 Å². The molecule has 0 aliphatic heterocycles. The van der Waals surface area contributed by atoms with Crippen LogP contribution in [0.3, 0.4) is 0 Å². The number of thiophene rings is 1. The van der Waals surface area contributed by atoms with Crippen molar-refractivity contribution in [2.45, 2.75) is 13.1 Å².